The Morgan fingerprint density at radius 2 is 1.65 bits per heavy atom. The van der Waals surface area contributed by atoms with Crippen LogP contribution < -0.4 is 15.0 Å². The minimum atomic E-state index is -0.283. The molecule has 0 saturated carbocycles. The highest BCUT2D eigenvalue weighted by Crippen LogP contribution is 2.38. The van der Waals surface area contributed by atoms with Gasteiger partial charge in [-0.15, -0.1) is 0 Å². The number of benzene rings is 2. The zero-order valence-electron chi connectivity index (χ0n) is 31.9. The number of halogens is 1. The molecule has 294 valence electrons. The van der Waals surface area contributed by atoms with Gasteiger partial charge in [0.15, 0.2) is 11.4 Å². The first-order chi connectivity index (χ1) is 27.6. The van der Waals surface area contributed by atoms with E-state index in [9.17, 15) is 19.2 Å². The monoisotopic (exact) mass is 789 g/mol. The number of amides is 4. The van der Waals surface area contributed by atoms with Crippen molar-refractivity contribution >= 4 is 52.1 Å². The number of imide groups is 1. The second-order valence-corrected chi connectivity index (χ2v) is 16.3. The van der Waals surface area contributed by atoms with E-state index in [0.29, 0.717) is 83.3 Å². The minimum absolute atomic E-state index is 0.0387. The number of hydrogen-bond acceptors (Lipinski definition) is 9. The largest absolute Gasteiger partial charge is 0.453 e. The summed E-state index contributed by atoms with van der Waals surface area (Å²) in [6, 6.07) is 15.2. The van der Waals surface area contributed by atoms with Gasteiger partial charge in [-0.3, -0.25) is 29.2 Å². The normalized spacial score (nSPS) is 21.3. The number of nitrogens with zero attached hydrogens (tertiary/aromatic N) is 7. The summed E-state index contributed by atoms with van der Waals surface area (Å²) in [5, 5.41) is 7.18. The van der Waals surface area contributed by atoms with E-state index in [1.54, 1.807) is 28.9 Å². The minimum Gasteiger partial charge on any atom is -0.453 e. The maximum Gasteiger partial charge on any atom is 0.253 e. The molecule has 0 spiro atoms. The van der Waals surface area contributed by atoms with Crippen LogP contribution in [0, 0.1) is 24.7 Å². The number of imidazole rings is 1. The second kappa shape index (κ2) is 15.0. The fraction of sp³-hybridized carbons (Fsp3) is 0.405. The van der Waals surface area contributed by atoms with Gasteiger partial charge in [-0.1, -0.05) is 23.7 Å². The molecule has 14 nitrogen and oxygen atoms in total. The number of aromatic nitrogens is 5. The topological polar surface area (TPSA) is 159 Å². The summed E-state index contributed by atoms with van der Waals surface area (Å²) in [6.45, 7) is 6.49. The molecule has 0 aliphatic carbocycles. The standard InChI is InChI=1S/C42H44ClN9O5/c1-24-33(23-49(2)48-24)39-46-37-38(34(43)18-44-40(37)47-39)57-31-9-5-27(6-10-31)42(56)50-15-13-25(14-16-50)17-36(54)52-21-28-19-51(20-29(28)22-52)30-7-3-26(4-8-30)32-11-12-35(53)45-41(32)55/h3-10,18,23,25,28-29,32H,11-17,19-22H2,1-2H3,(H,44,46,47)(H,45,53,55)/t28?,29?,32-/m0/s1. The van der Waals surface area contributed by atoms with Gasteiger partial charge in [-0.05, 0) is 74.1 Å². The smallest absolute Gasteiger partial charge is 0.253 e. The lowest BCUT2D eigenvalue weighted by atomic mass is 9.90. The molecule has 3 atom stereocenters. The number of aromatic amines is 1. The second-order valence-electron chi connectivity index (χ2n) is 15.9. The number of carbonyl (C=O) groups excluding carboxylic acids is 4. The van der Waals surface area contributed by atoms with E-state index < -0.39 is 0 Å². The first-order valence-electron chi connectivity index (χ1n) is 19.6. The molecule has 2 aromatic carbocycles. The number of anilines is 1. The van der Waals surface area contributed by atoms with Crippen LogP contribution in [0.3, 0.4) is 0 Å². The summed E-state index contributed by atoms with van der Waals surface area (Å²) in [5.41, 5.74) is 5.35. The number of pyridine rings is 1. The maximum atomic E-state index is 13.5. The third-order valence-electron chi connectivity index (χ3n) is 12.1. The van der Waals surface area contributed by atoms with E-state index in [4.69, 9.17) is 16.3 Å². The molecule has 4 amide bonds. The Hall–Kier alpha value is -5.76. The predicted octanol–water partition coefficient (Wildman–Crippen LogP) is 5.47. The summed E-state index contributed by atoms with van der Waals surface area (Å²) in [4.78, 5) is 69.4. The zero-order valence-corrected chi connectivity index (χ0v) is 32.7. The van der Waals surface area contributed by atoms with E-state index in [2.05, 4.69) is 47.3 Å². The number of H-pyrrole nitrogens is 1. The molecule has 7 heterocycles. The highest BCUT2D eigenvalue weighted by molar-refractivity contribution is 6.32. The summed E-state index contributed by atoms with van der Waals surface area (Å²) in [6.07, 6.45) is 6.41. The van der Waals surface area contributed by atoms with Crippen LogP contribution in [0.4, 0.5) is 5.69 Å². The zero-order chi connectivity index (χ0) is 39.4. The number of ether oxygens (including phenoxy) is 1. The lowest BCUT2D eigenvalue weighted by molar-refractivity contribution is -0.134. The number of nitrogens with one attached hydrogen (secondary N) is 2. The van der Waals surface area contributed by atoms with Gasteiger partial charge >= 0.3 is 0 Å². The van der Waals surface area contributed by atoms with E-state index in [0.717, 1.165) is 61.5 Å². The Morgan fingerprint density at radius 1 is 0.930 bits per heavy atom. The van der Waals surface area contributed by atoms with Gasteiger partial charge in [0.1, 0.15) is 22.1 Å². The van der Waals surface area contributed by atoms with Crippen LogP contribution in [0.25, 0.3) is 22.6 Å². The van der Waals surface area contributed by atoms with Gasteiger partial charge in [0.25, 0.3) is 5.91 Å². The molecular weight excluding hydrogens is 746 g/mol. The summed E-state index contributed by atoms with van der Waals surface area (Å²) < 4.78 is 7.94. The highest BCUT2D eigenvalue weighted by atomic mass is 35.5. The lowest BCUT2D eigenvalue weighted by Crippen LogP contribution is -2.40. The Balaban J connectivity index is 0.743. The molecule has 4 fully saturated rings. The van der Waals surface area contributed by atoms with Crippen LogP contribution in [0.15, 0.2) is 60.9 Å². The number of aryl methyl sites for hydroxylation is 2. The number of fused-ring (bicyclic) bond motifs is 2. The third kappa shape index (κ3) is 7.34. The molecule has 4 saturated heterocycles. The van der Waals surface area contributed by atoms with Crippen LogP contribution in [0.2, 0.25) is 5.02 Å². The number of carbonyl (C=O) groups is 4. The Labute approximate surface area is 334 Å². The Bertz CT molecular complexity index is 2350. The van der Waals surface area contributed by atoms with Gasteiger partial charge in [0, 0.05) is 88.4 Å². The molecule has 3 aromatic heterocycles. The van der Waals surface area contributed by atoms with Gasteiger partial charge in [-0.25, -0.2) is 9.97 Å². The first-order valence-corrected chi connectivity index (χ1v) is 20.0. The van der Waals surface area contributed by atoms with Crippen LogP contribution >= 0.6 is 11.6 Å². The lowest BCUT2D eigenvalue weighted by Gasteiger charge is -2.32. The van der Waals surface area contributed by atoms with Crippen LogP contribution in [0.5, 0.6) is 11.5 Å². The molecular formula is C42H44ClN9O5. The summed E-state index contributed by atoms with van der Waals surface area (Å²) in [7, 11) is 1.85. The highest BCUT2D eigenvalue weighted by Gasteiger charge is 2.42. The molecule has 0 radical (unpaired) electrons. The van der Waals surface area contributed by atoms with Gasteiger partial charge in [0.2, 0.25) is 17.7 Å². The quantitative estimate of drug-likeness (QED) is 0.195. The van der Waals surface area contributed by atoms with Crippen LogP contribution in [-0.4, -0.2) is 97.4 Å². The molecule has 4 aliphatic heterocycles. The Morgan fingerprint density at radius 3 is 2.32 bits per heavy atom. The van der Waals surface area contributed by atoms with E-state index in [1.165, 1.54) is 6.20 Å². The predicted molar refractivity (Wildman–Crippen MR) is 213 cm³/mol. The average molecular weight is 790 g/mol. The molecule has 5 aromatic rings. The third-order valence-corrected chi connectivity index (χ3v) is 12.4. The maximum absolute atomic E-state index is 13.5. The fourth-order valence-corrected chi connectivity index (χ4v) is 9.17. The van der Waals surface area contributed by atoms with E-state index in [-0.39, 0.29) is 35.5 Å². The van der Waals surface area contributed by atoms with Gasteiger partial charge in [0.05, 0.1) is 23.4 Å². The van der Waals surface area contributed by atoms with Crippen LogP contribution in [0.1, 0.15) is 59.6 Å². The van der Waals surface area contributed by atoms with Crippen molar-refractivity contribution in [2.24, 2.45) is 24.8 Å². The van der Waals surface area contributed by atoms with Gasteiger partial charge < -0.3 is 24.4 Å². The first kappa shape index (κ1) is 36.9. The summed E-state index contributed by atoms with van der Waals surface area (Å²) >= 11 is 6.53. The number of piperidine rings is 2. The van der Waals surface area contributed by atoms with Gasteiger partial charge in [-0.2, -0.15) is 5.10 Å². The van der Waals surface area contributed by atoms with Crippen LogP contribution in [-0.2, 0) is 21.4 Å². The molecule has 2 N–H and O–H groups in total. The van der Waals surface area contributed by atoms with Crippen molar-refractivity contribution in [2.75, 3.05) is 44.2 Å². The summed E-state index contributed by atoms with van der Waals surface area (Å²) in [5.74, 6) is 2.13. The van der Waals surface area contributed by atoms with Crippen molar-refractivity contribution in [2.45, 2.75) is 44.9 Å². The van der Waals surface area contributed by atoms with Crippen molar-refractivity contribution in [3.8, 4) is 22.9 Å². The number of likely N-dealkylation sites (tertiary alicyclic amines) is 2. The molecule has 4 aliphatic rings. The van der Waals surface area contributed by atoms with Crippen molar-refractivity contribution in [3.05, 3.63) is 82.8 Å². The van der Waals surface area contributed by atoms with E-state index in [1.807, 2.05) is 37.2 Å². The molecule has 15 heteroatoms. The van der Waals surface area contributed by atoms with Crippen molar-refractivity contribution in [1.82, 2.24) is 39.8 Å². The average Bonchev–Trinajstić information content (AvgIpc) is 3.99. The molecule has 0 bridgehead atoms. The molecule has 57 heavy (non-hydrogen) atoms. The van der Waals surface area contributed by atoms with E-state index >= 15 is 0 Å². The van der Waals surface area contributed by atoms with Crippen molar-refractivity contribution in [1.29, 1.82) is 0 Å². The molecule has 9 rings (SSSR count). The number of hydrogen-bond donors (Lipinski definition) is 2. The SMILES string of the molecule is Cc1nn(C)cc1-c1nc2ncc(Cl)c(Oc3ccc(C(=O)N4CCC(CC(=O)N5CC6CN(c7ccc([C@@H]8CCC(=O)NC8=O)cc7)CC6C5)CC4)cc3)c2[nH]1. The van der Waals surface area contributed by atoms with Crippen molar-refractivity contribution < 1.29 is 23.9 Å². The fourth-order valence-electron chi connectivity index (χ4n) is 8.99. The Kier molecular flexibility index (Phi) is 9.67. The van der Waals surface area contributed by atoms with Crippen molar-refractivity contribution in [3.63, 3.8) is 0 Å². The molecule has 2 unspecified atom stereocenters. The number of rotatable bonds is 8.